The summed E-state index contributed by atoms with van der Waals surface area (Å²) in [6, 6.07) is 9.79. The maximum atomic E-state index is 13.1. The summed E-state index contributed by atoms with van der Waals surface area (Å²) in [5, 5.41) is 4.34. The van der Waals surface area contributed by atoms with Crippen molar-refractivity contribution in [2.24, 2.45) is 0 Å². The number of amides is 1. The molecule has 1 saturated heterocycles. The molecule has 1 atom stereocenters. The third kappa shape index (κ3) is 3.79. The van der Waals surface area contributed by atoms with Gasteiger partial charge in [0.2, 0.25) is 5.91 Å². The number of H-pyrrole nitrogens is 1. The number of nitrogens with one attached hydrogen (secondary N) is 2. The number of morpholine rings is 1. The van der Waals surface area contributed by atoms with Crippen LogP contribution in [0.15, 0.2) is 42.7 Å². The average Bonchev–Trinajstić information content (AvgIpc) is 3.02. The topological polar surface area (TPSA) is 70.2 Å². The lowest BCUT2D eigenvalue weighted by Crippen LogP contribution is -2.45. The lowest BCUT2D eigenvalue weighted by atomic mass is 10.1. The SMILES string of the molecule is Cc1[nH]c2ccc(CNC(=O)C(c3cccnc3)N3CCOCC3)cc2c1C. The number of carbonyl (C=O) groups is 1. The molecule has 0 saturated carbocycles. The highest BCUT2D eigenvalue weighted by Gasteiger charge is 2.29. The van der Waals surface area contributed by atoms with Gasteiger partial charge >= 0.3 is 0 Å². The fraction of sp³-hybridized carbons (Fsp3) is 0.364. The summed E-state index contributed by atoms with van der Waals surface area (Å²) in [6.45, 7) is 7.46. The molecule has 2 aromatic heterocycles. The van der Waals surface area contributed by atoms with Crippen LogP contribution in [0.25, 0.3) is 10.9 Å². The van der Waals surface area contributed by atoms with Crippen molar-refractivity contribution >= 4 is 16.8 Å². The third-order valence-corrected chi connectivity index (χ3v) is 5.50. The average molecular weight is 378 g/mol. The Morgan fingerprint density at radius 1 is 1.29 bits per heavy atom. The maximum absolute atomic E-state index is 13.1. The van der Waals surface area contributed by atoms with Gasteiger partial charge in [-0.1, -0.05) is 12.1 Å². The Morgan fingerprint density at radius 3 is 2.86 bits per heavy atom. The highest BCUT2D eigenvalue weighted by Crippen LogP contribution is 2.24. The van der Waals surface area contributed by atoms with Gasteiger partial charge in [0.1, 0.15) is 6.04 Å². The second kappa shape index (κ2) is 8.12. The van der Waals surface area contributed by atoms with E-state index in [2.05, 4.69) is 52.2 Å². The Bertz CT molecular complexity index is 961. The summed E-state index contributed by atoms with van der Waals surface area (Å²) in [6.07, 6.45) is 3.51. The molecule has 0 aliphatic carbocycles. The smallest absolute Gasteiger partial charge is 0.242 e. The van der Waals surface area contributed by atoms with Crippen LogP contribution in [0.2, 0.25) is 0 Å². The van der Waals surface area contributed by atoms with E-state index >= 15 is 0 Å². The number of ether oxygens (including phenoxy) is 1. The molecule has 4 rings (SSSR count). The van der Waals surface area contributed by atoms with E-state index in [4.69, 9.17) is 4.74 Å². The molecule has 1 fully saturated rings. The minimum absolute atomic E-state index is 0.00281. The summed E-state index contributed by atoms with van der Waals surface area (Å²) >= 11 is 0. The van der Waals surface area contributed by atoms with Crippen LogP contribution in [-0.4, -0.2) is 47.1 Å². The van der Waals surface area contributed by atoms with Crippen LogP contribution in [0.3, 0.4) is 0 Å². The van der Waals surface area contributed by atoms with Gasteiger partial charge in [0.25, 0.3) is 0 Å². The fourth-order valence-electron chi connectivity index (χ4n) is 3.81. The van der Waals surface area contributed by atoms with Gasteiger partial charge in [0.05, 0.1) is 13.2 Å². The predicted molar refractivity (Wildman–Crippen MR) is 109 cm³/mol. The van der Waals surface area contributed by atoms with Gasteiger partial charge in [-0.3, -0.25) is 14.7 Å². The minimum atomic E-state index is -0.349. The van der Waals surface area contributed by atoms with E-state index in [9.17, 15) is 4.79 Å². The lowest BCUT2D eigenvalue weighted by Gasteiger charge is -2.33. The first-order valence-electron chi connectivity index (χ1n) is 9.71. The van der Waals surface area contributed by atoms with E-state index in [0.29, 0.717) is 19.8 Å². The van der Waals surface area contributed by atoms with Crippen molar-refractivity contribution in [3.63, 3.8) is 0 Å². The van der Waals surface area contributed by atoms with E-state index in [1.807, 2.05) is 12.1 Å². The molecule has 6 heteroatoms. The number of hydrogen-bond acceptors (Lipinski definition) is 4. The van der Waals surface area contributed by atoms with E-state index in [1.165, 1.54) is 16.6 Å². The molecular formula is C22H26N4O2. The van der Waals surface area contributed by atoms with E-state index in [0.717, 1.165) is 29.7 Å². The van der Waals surface area contributed by atoms with Crippen molar-refractivity contribution in [2.45, 2.75) is 26.4 Å². The van der Waals surface area contributed by atoms with Crippen LogP contribution in [-0.2, 0) is 16.1 Å². The van der Waals surface area contributed by atoms with Crippen LogP contribution in [0.1, 0.15) is 28.4 Å². The van der Waals surface area contributed by atoms with Gasteiger partial charge in [-0.25, -0.2) is 0 Å². The Kier molecular flexibility index (Phi) is 5.41. The van der Waals surface area contributed by atoms with Crippen LogP contribution in [0, 0.1) is 13.8 Å². The zero-order valence-electron chi connectivity index (χ0n) is 16.4. The van der Waals surface area contributed by atoms with Crippen molar-refractivity contribution in [1.29, 1.82) is 0 Å². The van der Waals surface area contributed by atoms with E-state index in [-0.39, 0.29) is 11.9 Å². The van der Waals surface area contributed by atoms with Crippen molar-refractivity contribution in [1.82, 2.24) is 20.2 Å². The first-order chi connectivity index (χ1) is 13.6. The normalized spacial score (nSPS) is 16.2. The molecule has 1 aliphatic heterocycles. The lowest BCUT2D eigenvalue weighted by molar-refractivity contribution is -0.128. The minimum Gasteiger partial charge on any atom is -0.379 e. The molecule has 2 N–H and O–H groups in total. The number of rotatable bonds is 5. The highest BCUT2D eigenvalue weighted by atomic mass is 16.5. The second-order valence-electron chi connectivity index (χ2n) is 7.31. The molecule has 0 radical (unpaired) electrons. The van der Waals surface area contributed by atoms with Crippen molar-refractivity contribution in [2.75, 3.05) is 26.3 Å². The summed E-state index contributed by atoms with van der Waals surface area (Å²) < 4.78 is 5.46. The summed E-state index contributed by atoms with van der Waals surface area (Å²) in [4.78, 5) is 22.9. The molecule has 3 heterocycles. The molecule has 3 aromatic rings. The number of aromatic amines is 1. The summed E-state index contributed by atoms with van der Waals surface area (Å²) in [7, 11) is 0. The highest BCUT2D eigenvalue weighted by molar-refractivity contribution is 5.86. The Morgan fingerprint density at radius 2 is 2.11 bits per heavy atom. The zero-order valence-corrected chi connectivity index (χ0v) is 16.4. The van der Waals surface area contributed by atoms with Crippen LogP contribution < -0.4 is 5.32 Å². The first-order valence-corrected chi connectivity index (χ1v) is 9.71. The molecular weight excluding hydrogens is 352 g/mol. The first kappa shape index (κ1) is 18.7. The van der Waals surface area contributed by atoms with Crippen molar-refractivity contribution in [3.8, 4) is 0 Å². The number of benzene rings is 1. The van der Waals surface area contributed by atoms with Crippen molar-refractivity contribution in [3.05, 3.63) is 65.1 Å². The van der Waals surface area contributed by atoms with Crippen LogP contribution in [0.5, 0.6) is 0 Å². The van der Waals surface area contributed by atoms with Crippen LogP contribution >= 0.6 is 0 Å². The predicted octanol–water partition coefficient (Wildman–Crippen LogP) is 2.87. The number of fused-ring (bicyclic) bond motifs is 1. The number of pyridine rings is 1. The number of nitrogens with zero attached hydrogens (tertiary/aromatic N) is 2. The van der Waals surface area contributed by atoms with E-state index in [1.54, 1.807) is 12.4 Å². The molecule has 28 heavy (non-hydrogen) atoms. The molecule has 1 aromatic carbocycles. The van der Waals surface area contributed by atoms with E-state index < -0.39 is 0 Å². The molecule has 146 valence electrons. The summed E-state index contributed by atoms with van der Waals surface area (Å²) in [5.74, 6) is -0.00281. The largest absolute Gasteiger partial charge is 0.379 e. The maximum Gasteiger partial charge on any atom is 0.242 e. The standard InChI is InChI=1S/C22H26N4O2/c1-15-16(2)25-20-6-5-17(12-19(15)20)13-24-22(27)21(18-4-3-7-23-14-18)26-8-10-28-11-9-26/h3-7,12,14,21,25H,8-11,13H2,1-2H3,(H,24,27). The monoisotopic (exact) mass is 378 g/mol. The Labute approximate surface area is 164 Å². The number of aryl methyl sites for hydroxylation is 2. The molecule has 0 spiro atoms. The molecule has 1 aliphatic rings. The molecule has 1 amide bonds. The number of hydrogen-bond donors (Lipinski definition) is 2. The van der Waals surface area contributed by atoms with Crippen LogP contribution in [0.4, 0.5) is 0 Å². The third-order valence-electron chi connectivity index (χ3n) is 5.50. The molecule has 1 unspecified atom stereocenters. The Balaban J connectivity index is 1.52. The van der Waals surface area contributed by atoms with Gasteiger partial charge in [-0.15, -0.1) is 0 Å². The number of carbonyl (C=O) groups excluding carboxylic acids is 1. The van der Waals surface area contributed by atoms with Gasteiger partial charge in [-0.05, 0) is 48.7 Å². The van der Waals surface area contributed by atoms with Gasteiger partial charge in [-0.2, -0.15) is 0 Å². The second-order valence-corrected chi connectivity index (χ2v) is 7.31. The van der Waals surface area contributed by atoms with Crippen molar-refractivity contribution < 1.29 is 9.53 Å². The molecule has 6 nitrogen and oxygen atoms in total. The molecule has 0 bridgehead atoms. The fourth-order valence-corrected chi connectivity index (χ4v) is 3.81. The Hall–Kier alpha value is -2.70. The van der Waals surface area contributed by atoms with Gasteiger partial charge in [0, 0.05) is 48.6 Å². The quantitative estimate of drug-likeness (QED) is 0.716. The zero-order chi connectivity index (χ0) is 19.5. The summed E-state index contributed by atoms with van der Waals surface area (Å²) in [5.41, 5.74) is 5.57. The number of aromatic nitrogens is 2. The van der Waals surface area contributed by atoms with Gasteiger partial charge < -0.3 is 15.0 Å². The van der Waals surface area contributed by atoms with Gasteiger partial charge in [0.15, 0.2) is 0 Å².